The van der Waals surface area contributed by atoms with E-state index in [1.54, 1.807) is 36.4 Å². The maximum atomic E-state index is 12.5. The maximum absolute atomic E-state index is 12.5. The Balaban J connectivity index is 2.24. The highest BCUT2D eigenvalue weighted by atomic mass is 35.5. The summed E-state index contributed by atoms with van der Waals surface area (Å²) in [5.41, 5.74) is 0.168. The minimum atomic E-state index is -0.210. The zero-order valence-electron chi connectivity index (χ0n) is 11.6. The van der Waals surface area contributed by atoms with Gasteiger partial charge in [0.05, 0.1) is 10.9 Å². The average Bonchev–Trinajstić information content (AvgIpc) is 2.86. The van der Waals surface area contributed by atoms with Crippen LogP contribution in [0.3, 0.4) is 0 Å². The van der Waals surface area contributed by atoms with Gasteiger partial charge in [-0.15, -0.1) is 17.9 Å². The number of carbonyl (C=O) groups is 1. The molecule has 0 atom stereocenters. The Bertz CT molecular complexity index is 720. The van der Waals surface area contributed by atoms with Crippen LogP contribution in [0.15, 0.2) is 47.9 Å². The number of amides is 1. The largest absolute Gasteiger partial charge is 0.330 e. The molecule has 0 saturated heterocycles. The van der Waals surface area contributed by atoms with Crippen LogP contribution in [-0.4, -0.2) is 21.9 Å². The Hall–Kier alpha value is -1.85. The summed E-state index contributed by atoms with van der Waals surface area (Å²) in [6, 6.07) is 6.68. The Kier molecular flexibility index (Phi) is 4.98. The molecular weight excluding hydrogens is 308 g/mol. The van der Waals surface area contributed by atoms with Crippen LogP contribution in [0, 0.1) is 0 Å². The van der Waals surface area contributed by atoms with Crippen molar-refractivity contribution >= 4 is 28.8 Å². The number of halogens is 1. The van der Waals surface area contributed by atoms with E-state index in [9.17, 15) is 9.59 Å². The molecule has 0 aromatic carbocycles. The van der Waals surface area contributed by atoms with Gasteiger partial charge in [0, 0.05) is 36.3 Å². The summed E-state index contributed by atoms with van der Waals surface area (Å²) < 4.78 is 2.11. The first-order chi connectivity index (χ1) is 10.0. The first kappa shape index (κ1) is 15.5. The molecule has 21 heavy (non-hydrogen) atoms. The van der Waals surface area contributed by atoms with E-state index in [-0.39, 0.29) is 11.5 Å². The van der Waals surface area contributed by atoms with E-state index in [0.29, 0.717) is 23.0 Å². The van der Waals surface area contributed by atoms with Crippen LogP contribution < -0.4 is 5.56 Å². The van der Waals surface area contributed by atoms with E-state index in [1.165, 1.54) is 22.0 Å². The third kappa shape index (κ3) is 3.83. The van der Waals surface area contributed by atoms with Gasteiger partial charge in [-0.05, 0) is 18.2 Å². The van der Waals surface area contributed by atoms with Gasteiger partial charge >= 0.3 is 0 Å². The molecule has 2 rings (SSSR count). The summed E-state index contributed by atoms with van der Waals surface area (Å²) in [6.07, 6.45) is 3.25. The Labute approximate surface area is 131 Å². The van der Waals surface area contributed by atoms with Gasteiger partial charge in [0.1, 0.15) is 0 Å². The highest BCUT2D eigenvalue weighted by molar-refractivity contribution is 7.16. The van der Waals surface area contributed by atoms with E-state index in [1.807, 2.05) is 6.07 Å². The van der Waals surface area contributed by atoms with Crippen LogP contribution in [-0.2, 0) is 13.6 Å². The third-order valence-corrected chi connectivity index (χ3v) is 4.18. The SMILES string of the molecule is C=CCN(Cc1ccc(Cl)s1)C(=O)c1ccn(C)c(=O)c1. The lowest BCUT2D eigenvalue weighted by molar-refractivity contribution is 0.0764. The molecule has 0 aliphatic heterocycles. The summed E-state index contributed by atoms with van der Waals surface area (Å²) in [5.74, 6) is -0.197. The fourth-order valence-corrected chi connectivity index (χ4v) is 2.97. The molecule has 0 aliphatic carbocycles. The molecule has 0 fully saturated rings. The summed E-state index contributed by atoms with van der Waals surface area (Å²) in [4.78, 5) is 26.8. The second kappa shape index (κ2) is 6.74. The molecule has 0 spiro atoms. The van der Waals surface area contributed by atoms with Gasteiger partial charge in [-0.25, -0.2) is 0 Å². The molecule has 4 nitrogen and oxygen atoms in total. The van der Waals surface area contributed by atoms with Crippen LogP contribution in [0.25, 0.3) is 0 Å². The van der Waals surface area contributed by atoms with Crippen molar-refractivity contribution in [3.63, 3.8) is 0 Å². The van der Waals surface area contributed by atoms with E-state index in [0.717, 1.165) is 4.88 Å². The van der Waals surface area contributed by atoms with Crippen molar-refractivity contribution in [2.24, 2.45) is 7.05 Å². The van der Waals surface area contributed by atoms with Crippen molar-refractivity contribution in [2.45, 2.75) is 6.54 Å². The number of aromatic nitrogens is 1. The van der Waals surface area contributed by atoms with Crippen molar-refractivity contribution in [2.75, 3.05) is 6.54 Å². The fraction of sp³-hybridized carbons (Fsp3) is 0.200. The molecule has 1 amide bonds. The van der Waals surface area contributed by atoms with E-state index < -0.39 is 0 Å². The van der Waals surface area contributed by atoms with Crippen LogP contribution >= 0.6 is 22.9 Å². The van der Waals surface area contributed by atoms with Gasteiger partial charge in [-0.3, -0.25) is 9.59 Å². The van der Waals surface area contributed by atoms with Gasteiger partial charge in [0.15, 0.2) is 0 Å². The number of hydrogen-bond acceptors (Lipinski definition) is 3. The van der Waals surface area contributed by atoms with E-state index in [2.05, 4.69) is 6.58 Å². The lowest BCUT2D eigenvalue weighted by Gasteiger charge is -2.20. The molecular formula is C15H15ClN2O2S. The number of thiophene rings is 1. The Morgan fingerprint density at radius 3 is 2.81 bits per heavy atom. The smallest absolute Gasteiger partial charge is 0.254 e. The summed E-state index contributed by atoms with van der Waals surface area (Å²) in [6.45, 7) is 4.52. The van der Waals surface area contributed by atoms with Crippen molar-refractivity contribution in [1.29, 1.82) is 0 Å². The van der Waals surface area contributed by atoms with Crippen LogP contribution in [0.1, 0.15) is 15.2 Å². The third-order valence-electron chi connectivity index (χ3n) is 2.96. The van der Waals surface area contributed by atoms with Crippen LogP contribution in [0.2, 0.25) is 4.34 Å². The lowest BCUT2D eigenvalue weighted by atomic mass is 10.2. The Morgan fingerprint density at radius 2 is 2.24 bits per heavy atom. The second-order valence-corrected chi connectivity index (χ2v) is 6.34. The van der Waals surface area contributed by atoms with E-state index in [4.69, 9.17) is 11.6 Å². The molecule has 0 saturated carbocycles. The number of pyridine rings is 1. The zero-order chi connectivity index (χ0) is 15.4. The van der Waals surface area contributed by atoms with E-state index >= 15 is 0 Å². The van der Waals surface area contributed by atoms with Crippen LogP contribution in [0.4, 0.5) is 0 Å². The summed E-state index contributed by atoms with van der Waals surface area (Å²) in [7, 11) is 1.64. The minimum Gasteiger partial charge on any atom is -0.330 e. The topological polar surface area (TPSA) is 42.3 Å². The molecule has 110 valence electrons. The van der Waals surface area contributed by atoms with Crippen molar-refractivity contribution in [3.8, 4) is 0 Å². The number of hydrogen-bond donors (Lipinski definition) is 0. The highest BCUT2D eigenvalue weighted by Gasteiger charge is 2.16. The molecule has 2 heterocycles. The van der Waals surface area contributed by atoms with Gasteiger partial charge in [-0.2, -0.15) is 0 Å². The molecule has 6 heteroatoms. The maximum Gasteiger partial charge on any atom is 0.254 e. The second-order valence-electron chi connectivity index (χ2n) is 4.54. The minimum absolute atomic E-state index is 0.197. The molecule has 0 N–H and O–H groups in total. The van der Waals surface area contributed by atoms with Crippen molar-refractivity contribution in [1.82, 2.24) is 9.47 Å². The molecule has 0 radical (unpaired) electrons. The fourth-order valence-electron chi connectivity index (χ4n) is 1.86. The quantitative estimate of drug-likeness (QED) is 0.794. The molecule has 0 unspecified atom stereocenters. The number of rotatable bonds is 5. The first-order valence-electron chi connectivity index (χ1n) is 6.32. The lowest BCUT2D eigenvalue weighted by Crippen LogP contribution is -2.31. The predicted molar refractivity (Wildman–Crippen MR) is 85.9 cm³/mol. The first-order valence-corrected chi connectivity index (χ1v) is 7.52. The van der Waals surface area contributed by atoms with Crippen molar-refractivity contribution < 1.29 is 4.79 Å². The predicted octanol–water partition coefficient (Wildman–Crippen LogP) is 2.93. The standard InChI is InChI=1S/C15H15ClN2O2S/c1-3-7-18(10-12-4-5-13(16)21-12)15(20)11-6-8-17(2)14(19)9-11/h3-6,8-9H,1,7,10H2,2H3. The highest BCUT2D eigenvalue weighted by Crippen LogP contribution is 2.23. The summed E-state index contributed by atoms with van der Waals surface area (Å²) >= 11 is 7.34. The number of carbonyl (C=O) groups excluding carboxylic acids is 1. The molecule has 0 bridgehead atoms. The molecule has 2 aromatic rings. The molecule has 0 aliphatic rings. The summed E-state index contributed by atoms with van der Waals surface area (Å²) in [5, 5.41) is 0. The number of aryl methyl sites for hydroxylation is 1. The van der Waals surface area contributed by atoms with Gasteiger partial charge in [0.2, 0.25) is 0 Å². The monoisotopic (exact) mass is 322 g/mol. The van der Waals surface area contributed by atoms with Crippen LogP contribution in [0.5, 0.6) is 0 Å². The zero-order valence-corrected chi connectivity index (χ0v) is 13.2. The van der Waals surface area contributed by atoms with Gasteiger partial charge < -0.3 is 9.47 Å². The average molecular weight is 323 g/mol. The Morgan fingerprint density at radius 1 is 1.48 bits per heavy atom. The van der Waals surface area contributed by atoms with Crippen molar-refractivity contribution in [3.05, 3.63) is 68.2 Å². The van der Waals surface area contributed by atoms with Gasteiger partial charge in [-0.1, -0.05) is 17.7 Å². The van der Waals surface area contributed by atoms with Gasteiger partial charge in [0.25, 0.3) is 11.5 Å². The normalized spacial score (nSPS) is 10.4. The molecule has 2 aromatic heterocycles. The number of nitrogens with zero attached hydrogens (tertiary/aromatic N) is 2.